The van der Waals surface area contributed by atoms with Crippen LogP contribution in [0.25, 0.3) is 22.5 Å². The zero-order valence-corrected chi connectivity index (χ0v) is 17.0. The second-order valence-electron chi connectivity index (χ2n) is 7.93. The van der Waals surface area contributed by atoms with Crippen molar-refractivity contribution in [2.75, 3.05) is 12.4 Å². The maximum Gasteiger partial charge on any atom is 0.266 e. The molecule has 1 saturated carbocycles. The second kappa shape index (κ2) is 8.39. The predicted molar refractivity (Wildman–Crippen MR) is 114 cm³/mol. The highest BCUT2D eigenvalue weighted by molar-refractivity contribution is 5.86. The Labute approximate surface area is 174 Å². The number of hydrogen-bond acceptors (Lipinski definition) is 5. The van der Waals surface area contributed by atoms with Crippen molar-refractivity contribution in [2.45, 2.75) is 50.7 Å². The number of nitrogens with zero attached hydrogens (tertiary/aromatic N) is 3. The fraction of sp³-hybridized carbons (Fsp3) is 0.409. The molecule has 2 heterocycles. The molecule has 0 amide bonds. The molecule has 0 spiro atoms. The molecule has 7 nitrogen and oxygen atoms in total. The summed E-state index contributed by atoms with van der Waals surface area (Å²) in [4.78, 5) is 12.5. The lowest BCUT2D eigenvalue weighted by Crippen LogP contribution is -2.38. The van der Waals surface area contributed by atoms with Gasteiger partial charge in [-0.3, -0.25) is 9.89 Å². The number of rotatable bonds is 5. The maximum absolute atomic E-state index is 13.4. The standard InChI is InChI=1S/C22H26FN5O2/c1-24-21-19(20(25-26-21)15-6-8-16(23)9-7-15)17-10-11-18(29)28(27-17)14-22(30)12-4-2-3-5-13-22/h6-11,30H,2-5,12-14H2,1H3,(H2,24,25,26). The highest BCUT2D eigenvalue weighted by atomic mass is 19.1. The summed E-state index contributed by atoms with van der Waals surface area (Å²) in [5.41, 5.74) is 1.48. The van der Waals surface area contributed by atoms with Crippen LogP contribution in [-0.2, 0) is 6.54 Å². The van der Waals surface area contributed by atoms with Gasteiger partial charge < -0.3 is 10.4 Å². The van der Waals surface area contributed by atoms with Crippen LogP contribution in [0.3, 0.4) is 0 Å². The fourth-order valence-electron chi connectivity index (χ4n) is 4.12. The Morgan fingerprint density at radius 1 is 1.13 bits per heavy atom. The number of hydrogen-bond donors (Lipinski definition) is 3. The van der Waals surface area contributed by atoms with Gasteiger partial charge in [0, 0.05) is 18.7 Å². The molecular weight excluding hydrogens is 385 g/mol. The average molecular weight is 411 g/mol. The number of aromatic amines is 1. The summed E-state index contributed by atoms with van der Waals surface area (Å²) in [6.07, 6.45) is 5.44. The molecule has 158 valence electrons. The molecule has 1 aliphatic carbocycles. The van der Waals surface area contributed by atoms with E-state index in [4.69, 9.17) is 0 Å². The first-order chi connectivity index (χ1) is 14.5. The Bertz CT molecular complexity index is 1070. The van der Waals surface area contributed by atoms with E-state index in [2.05, 4.69) is 20.6 Å². The highest BCUT2D eigenvalue weighted by Gasteiger charge is 2.29. The van der Waals surface area contributed by atoms with E-state index in [1.54, 1.807) is 25.2 Å². The summed E-state index contributed by atoms with van der Waals surface area (Å²) in [6.45, 7) is 0.165. The Morgan fingerprint density at radius 3 is 2.50 bits per heavy atom. The third-order valence-electron chi connectivity index (χ3n) is 5.74. The smallest absolute Gasteiger partial charge is 0.266 e. The van der Waals surface area contributed by atoms with Gasteiger partial charge in [0.15, 0.2) is 5.82 Å². The molecule has 0 bridgehead atoms. The molecule has 0 unspecified atom stereocenters. The van der Waals surface area contributed by atoms with Gasteiger partial charge in [0.2, 0.25) is 0 Å². The van der Waals surface area contributed by atoms with Crippen LogP contribution < -0.4 is 10.9 Å². The van der Waals surface area contributed by atoms with Gasteiger partial charge in [0.25, 0.3) is 5.56 Å². The van der Waals surface area contributed by atoms with Crippen molar-refractivity contribution < 1.29 is 9.50 Å². The van der Waals surface area contributed by atoms with Crippen LogP contribution in [0, 0.1) is 5.82 Å². The molecule has 8 heteroatoms. The van der Waals surface area contributed by atoms with Gasteiger partial charge in [-0.1, -0.05) is 25.7 Å². The number of halogens is 1. The second-order valence-corrected chi connectivity index (χ2v) is 7.93. The largest absolute Gasteiger partial charge is 0.388 e. The van der Waals surface area contributed by atoms with Crippen molar-refractivity contribution in [1.82, 2.24) is 20.0 Å². The van der Waals surface area contributed by atoms with Gasteiger partial charge in [0.1, 0.15) is 5.82 Å². The molecule has 30 heavy (non-hydrogen) atoms. The predicted octanol–water partition coefficient (Wildman–Crippen LogP) is 3.57. The molecule has 0 atom stereocenters. The minimum absolute atomic E-state index is 0.165. The normalized spacial score (nSPS) is 16.2. The number of aromatic nitrogens is 4. The van der Waals surface area contributed by atoms with Crippen LogP contribution in [-0.4, -0.2) is 37.7 Å². The molecule has 1 aromatic carbocycles. The summed E-state index contributed by atoms with van der Waals surface area (Å²) in [6, 6.07) is 9.20. The first-order valence-corrected chi connectivity index (χ1v) is 10.3. The topological polar surface area (TPSA) is 95.8 Å². The van der Waals surface area contributed by atoms with Crippen molar-refractivity contribution in [2.24, 2.45) is 0 Å². The van der Waals surface area contributed by atoms with E-state index >= 15 is 0 Å². The van der Waals surface area contributed by atoms with E-state index in [-0.39, 0.29) is 17.9 Å². The minimum atomic E-state index is -0.923. The molecule has 3 aromatic rings. The molecule has 1 aliphatic rings. The van der Waals surface area contributed by atoms with Crippen LogP contribution in [0.1, 0.15) is 38.5 Å². The van der Waals surface area contributed by atoms with Gasteiger partial charge in [-0.05, 0) is 43.2 Å². The third-order valence-corrected chi connectivity index (χ3v) is 5.74. The highest BCUT2D eigenvalue weighted by Crippen LogP contribution is 2.35. The first-order valence-electron chi connectivity index (χ1n) is 10.3. The lowest BCUT2D eigenvalue weighted by Gasteiger charge is -2.26. The quantitative estimate of drug-likeness (QED) is 0.558. The van der Waals surface area contributed by atoms with E-state index in [1.807, 2.05) is 0 Å². The summed E-state index contributed by atoms with van der Waals surface area (Å²) >= 11 is 0. The van der Waals surface area contributed by atoms with Crippen LogP contribution in [0.4, 0.5) is 10.2 Å². The van der Waals surface area contributed by atoms with Gasteiger partial charge in [-0.25, -0.2) is 9.07 Å². The third kappa shape index (κ3) is 4.14. The van der Waals surface area contributed by atoms with E-state index in [0.29, 0.717) is 35.6 Å². The summed E-state index contributed by atoms with van der Waals surface area (Å²) in [5.74, 6) is 0.247. The molecule has 1 fully saturated rings. The Morgan fingerprint density at radius 2 is 1.83 bits per heavy atom. The lowest BCUT2D eigenvalue weighted by molar-refractivity contribution is 0.00375. The SMILES string of the molecule is CNc1n[nH]c(-c2ccc(F)cc2)c1-c1ccc(=O)n(CC2(O)CCCCCC2)n1. The lowest BCUT2D eigenvalue weighted by atomic mass is 9.94. The van der Waals surface area contributed by atoms with E-state index in [1.165, 1.54) is 22.9 Å². The molecular formula is C22H26FN5O2. The van der Waals surface area contributed by atoms with Gasteiger partial charge >= 0.3 is 0 Å². The summed E-state index contributed by atoms with van der Waals surface area (Å²) in [7, 11) is 1.75. The van der Waals surface area contributed by atoms with Crippen LogP contribution in [0.2, 0.25) is 0 Å². The van der Waals surface area contributed by atoms with Crippen molar-refractivity contribution in [3.05, 3.63) is 52.6 Å². The maximum atomic E-state index is 13.4. The molecule has 2 aromatic heterocycles. The Balaban J connectivity index is 1.75. The molecule has 0 saturated heterocycles. The minimum Gasteiger partial charge on any atom is -0.388 e. The molecule has 4 rings (SSSR count). The van der Waals surface area contributed by atoms with E-state index in [9.17, 15) is 14.3 Å². The fourth-order valence-corrected chi connectivity index (χ4v) is 4.12. The Kier molecular flexibility index (Phi) is 5.67. The zero-order chi connectivity index (χ0) is 21.1. The summed E-state index contributed by atoms with van der Waals surface area (Å²) < 4.78 is 14.7. The first kappa shape index (κ1) is 20.3. The number of nitrogens with one attached hydrogen (secondary N) is 2. The molecule has 0 aliphatic heterocycles. The van der Waals surface area contributed by atoms with Crippen LogP contribution >= 0.6 is 0 Å². The van der Waals surface area contributed by atoms with Crippen LogP contribution in [0.5, 0.6) is 0 Å². The monoisotopic (exact) mass is 411 g/mol. The van der Waals surface area contributed by atoms with Crippen molar-refractivity contribution in [1.29, 1.82) is 0 Å². The number of aliphatic hydroxyl groups is 1. The average Bonchev–Trinajstić information content (AvgIpc) is 3.05. The van der Waals surface area contributed by atoms with Crippen molar-refractivity contribution in [3.63, 3.8) is 0 Å². The molecule has 0 radical (unpaired) electrons. The van der Waals surface area contributed by atoms with Gasteiger partial charge in [0.05, 0.1) is 29.1 Å². The van der Waals surface area contributed by atoms with E-state index < -0.39 is 5.60 Å². The van der Waals surface area contributed by atoms with E-state index in [0.717, 1.165) is 31.2 Å². The molecule has 3 N–H and O–H groups in total. The Hall–Kier alpha value is -3.00. The number of H-pyrrole nitrogens is 1. The van der Waals surface area contributed by atoms with Gasteiger partial charge in [-0.2, -0.15) is 10.2 Å². The zero-order valence-electron chi connectivity index (χ0n) is 17.0. The van der Waals surface area contributed by atoms with Gasteiger partial charge in [-0.15, -0.1) is 0 Å². The van der Waals surface area contributed by atoms with Crippen LogP contribution in [0.15, 0.2) is 41.2 Å². The number of anilines is 1. The summed E-state index contributed by atoms with van der Waals surface area (Å²) in [5, 5.41) is 25.9. The van der Waals surface area contributed by atoms with Crippen molar-refractivity contribution >= 4 is 5.82 Å². The van der Waals surface area contributed by atoms with Crippen molar-refractivity contribution in [3.8, 4) is 22.5 Å². The number of benzene rings is 1.